The lowest BCUT2D eigenvalue weighted by Crippen LogP contribution is -2.39. The number of hydrogen-bond acceptors (Lipinski definition) is 4. The molecule has 1 heterocycles. The molecule has 0 aromatic rings. The fraction of sp³-hybridized carbons (Fsp3) is 0.692. The predicted octanol–water partition coefficient (Wildman–Crippen LogP) is 5.14. The molecule has 1 aliphatic carbocycles. The molecule has 3 unspecified atom stereocenters. The summed E-state index contributed by atoms with van der Waals surface area (Å²) >= 11 is 0. The van der Waals surface area contributed by atoms with E-state index in [4.69, 9.17) is 0 Å². The molecule has 30 heavy (non-hydrogen) atoms. The third kappa shape index (κ3) is 6.85. The van der Waals surface area contributed by atoms with Gasteiger partial charge in [0, 0.05) is 43.0 Å². The first-order valence-electron chi connectivity index (χ1n) is 11.9. The minimum absolute atomic E-state index is 0.377. The van der Waals surface area contributed by atoms with Crippen molar-refractivity contribution in [3.8, 4) is 0 Å². The Labute approximate surface area is 186 Å². The molecule has 2 aliphatic rings. The molecular weight excluding hydrogens is 368 g/mol. The molecule has 2 rings (SSSR count). The lowest BCUT2D eigenvalue weighted by molar-refractivity contribution is 0.301. The van der Waals surface area contributed by atoms with E-state index in [1.165, 1.54) is 17.7 Å². The zero-order valence-corrected chi connectivity index (χ0v) is 20.2. The molecule has 5 atom stereocenters. The molecule has 4 nitrogen and oxygen atoms in total. The second-order valence-electron chi connectivity index (χ2n) is 9.92. The smallest absolute Gasteiger partial charge is 0.0914 e. The largest absolute Gasteiger partial charge is 0.386 e. The maximum atomic E-state index is 4.37. The highest BCUT2D eigenvalue weighted by atomic mass is 15.2. The number of fused-ring (bicyclic) bond motifs is 1. The van der Waals surface area contributed by atoms with Gasteiger partial charge in [0.25, 0.3) is 0 Å². The van der Waals surface area contributed by atoms with Gasteiger partial charge in [-0.25, -0.2) is 0 Å². The van der Waals surface area contributed by atoms with Gasteiger partial charge >= 0.3 is 0 Å². The van der Waals surface area contributed by atoms with E-state index in [1.54, 1.807) is 0 Å². The summed E-state index contributed by atoms with van der Waals surface area (Å²) in [5.41, 5.74) is 3.63. The minimum atomic E-state index is 0.377. The molecule has 0 amide bonds. The van der Waals surface area contributed by atoms with Crippen molar-refractivity contribution in [1.82, 2.24) is 20.9 Å². The summed E-state index contributed by atoms with van der Waals surface area (Å²) in [6.07, 6.45) is 5.44. The number of nitrogens with one attached hydrogen (secondary N) is 3. The molecule has 2 fully saturated rings. The van der Waals surface area contributed by atoms with E-state index >= 15 is 0 Å². The van der Waals surface area contributed by atoms with E-state index in [1.807, 2.05) is 0 Å². The van der Waals surface area contributed by atoms with Gasteiger partial charge in [0.2, 0.25) is 0 Å². The van der Waals surface area contributed by atoms with Gasteiger partial charge in [0.05, 0.1) is 11.9 Å². The average molecular weight is 415 g/mol. The molecule has 0 aromatic carbocycles. The average Bonchev–Trinajstić information content (AvgIpc) is 3.33. The second kappa shape index (κ2) is 11.0. The van der Waals surface area contributed by atoms with Crippen LogP contribution in [0.2, 0.25) is 0 Å². The Morgan fingerprint density at radius 1 is 1.07 bits per heavy atom. The number of rotatable bonds is 15. The number of hydrogen-bond donors (Lipinski definition) is 3. The Bertz CT molecular complexity index is 635. The van der Waals surface area contributed by atoms with Gasteiger partial charge < -0.3 is 20.9 Å². The van der Waals surface area contributed by atoms with Crippen molar-refractivity contribution in [2.24, 2.45) is 17.8 Å². The normalized spacial score (nSPS) is 24.1. The van der Waals surface area contributed by atoms with Crippen LogP contribution in [0.15, 0.2) is 49.1 Å². The zero-order valence-electron chi connectivity index (χ0n) is 20.2. The van der Waals surface area contributed by atoms with Gasteiger partial charge in [-0.3, -0.25) is 0 Å². The van der Waals surface area contributed by atoms with Crippen molar-refractivity contribution in [1.29, 1.82) is 0 Å². The van der Waals surface area contributed by atoms with Crippen molar-refractivity contribution in [3.05, 3.63) is 49.1 Å². The monoisotopic (exact) mass is 414 g/mol. The molecule has 1 saturated carbocycles. The summed E-state index contributed by atoms with van der Waals surface area (Å²) in [4.78, 5) is 2.49. The van der Waals surface area contributed by atoms with Crippen molar-refractivity contribution in [2.75, 3.05) is 13.1 Å². The van der Waals surface area contributed by atoms with Crippen LogP contribution < -0.4 is 16.0 Å². The van der Waals surface area contributed by atoms with Crippen LogP contribution in [0, 0.1) is 17.8 Å². The molecule has 4 heteroatoms. The predicted molar refractivity (Wildman–Crippen MR) is 131 cm³/mol. The van der Waals surface area contributed by atoms with Crippen LogP contribution in [0.25, 0.3) is 0 Å². The molecule has 1 aliphatic heterocycles. The van der Waals surface area contributed by atoms with E-state index in [9.17, 15) is 0 Å². The summed E-state index contributed by atoms with van der Waals surface area (Å²) in [7, 11) is 0. The van der Waals surface area contributed by atoms with Crippen LogP contribution in [-0.4, -0.2) is 36.1 Å². The van der Waals surface area contributed by atoms with E-state index in [0.29, 0.717) is 24.0 Å². The number of likely N-dealkylation sites (tertiary alicyclic amines) is 1. The van der Waals surface area contributed by atoms with Gasteiger partial charge in [-0.2, -0.15) is 0 Å². The Hall–Kier alpha value is -1.84. The van der Waals surface area contributed by atoms with E-state index < -0.39 is 0 Å². The molecule has 170 valence electrons. The summed E-state index contributed by atoms with van der Waals surface area (Å²) in [5, 5.41) is 10.5. The standard InChI is InChI=1S/C26H46N4/c1-10-19(6)28-20(7)11-12-25(17(2)3)29-22(9)27-14-13-21(8)30-16-23-15-24(23)26(30)18(4)5/h17,19,23-29H,4,7-16H2,1-3,5-6H3/t19?,23-,24-,25?,26?/m0/s1. The topological polar surface area (TPSA) is 39.3 Å². The highest BCUT2D eigenvalue weighted by Crippen LogP contribution is 2.52. The molecule has 0 radical (unpaired) electrons. The van der Waals surface area contributed by atoms with Gasteiger partial charge in [-0.05, 0) is 57.3 Å². The molecule has 1 saturated heterocycles. The van der Waals surface area contributed by atoms with Crippen LogP contribution in [0.5, 0.6) is 0 Å². The SMILES string of the molecule is C=C(CCC(NC(=C)NCCC(=C)N1C[C@@H]2C[C@@H]2C1C(=C)C)C(C)C)NC(C)CC. The van der Waals surface area contributed by atoms with E-state index in [2.05, 4.69) is 81.8 Å². The van der Waals surface area contributed by atoms with Crippen molar-refractivity contribution < 1.29 is 0 Å². The van der Waals surface area contributed by atoms with Gasteiger partial charge in [0.15, 0.2) is 0 Å². The van der Waals surface area contributed by atoms with Crippen LogP contribution in [0.3, 0.4) is 0 Å². The first kappa shape index (κ1) is 24.4. The highest BCUT2D eigenvalue weighted by molar-refractivity contribution is 5.21. The summed E-state index contributed by atoms with van der Waals surface area (Å²) in [5.74, 6) is 3.12. The van der Waals surface area contributed by atoms with Crippen LogP contribution in [0.4, 0.5) is 0 Å². The van der Waals surface area contributed by atoms with Crippen molar-refractivity contribution in [2.45, 2.75) is 84.8 Å². The lowest BCUT2D eigenvalue weighted by atomic mass is 9.98. The number of nitrogens with zero attached hydrogens (tertiary/aromatic N) is 1. The summed E-state index contributed by atoms with van der Waals surface area (Å²) in [6, 6.07) is 1.37. The Morgan fingerprint density at radius 2 is 1.77 bits per heavy atom. The fourth-order valence-electron chi connectivity index (χ4n) is 4.62. The van der Waals surface area contributed by atoms with Gasteiger partial charge in [-0.15, -0.1) is 0 Å². The van der Waals surface area contributed by atoms with Gasteiger partial charge in [-0.1, -0.05) is 52.7 Å². The van der Waals surface area contributed by atoms with Crippen molar-refractivity contribution >= 4 is 0 Å². The third-order valence-electron chi connectivity index (χ3n) is 6.80. The highest BCUT2D eigenvalue weighted by Gasteiger charge is 2.52. The van der Waals surface area contributed by atoms with Crippen LogP contribution in [0.1, 0.15) is 66.7 Å². The van der Waals surface area contributed by atoms with Crippen LogP contribution >= 0.6 is 0 Å². The second-order valence-corrected chi connectivity index (χ2v) is 9.92. The van der Waals surface area contributed by atoms with Gasteiger partial charge in [0.1, 0.15) is 0 Å². The molecule has 3 N–H and O–H groups in total. The maximum Gasteiger partial charge on any atom is 0.0914 e. The summed E-state index contributed by atoms with van der Waals surface area (Å²) < 4.78 is 0. The lowest BCUT2D eigenvalue weighted by Gasteiger charge is -2.32. The number of allylic oxidation sites excluding steroid dienone is 1. The third-order valence-corrected chi connectivity index (χ3v) is 6.80. The maximum absolute atomic E-state index is 4.37. The first-order valence-corrected chi connectivity index (χ1v) is 11.9. The Kier molecular flexibility index (Phi) is 8.93. The first-order chi connectivity index (χ1) is 14.1. The fourth-order valence-corrected chi connectivity index (χ4v) is 4.62. The van der Waals surface area contributed by atoms with E-state index in [0.717, 1.165) is 62.1 Å². The quantitative estimate of drug-likeness (QED) is 0.324. The molecule has 0 bridgehead atoms. The Balaban J connectivity index is 1.70. The molecule has 0 spiro atoms. The van der Waals surface area contributed by atoms with E-state index in [-0.39, 0.29) is 0 Å². The van der Waals surface area contributed by atoms with Crippen LogP contribution in [-0.2, 0) is 0 Å². The number of piperidine rings is 1. The van der Waals surface area contributed by atoms with Crippen molar-refractivity contribution in [3.63, 3.8) is 0 Å². The zero-order chi connectivity index (χ0) is 22.4. The molecule has 0 aromatic heterocycles. The minimum Gasteiger partial charge on any atom is -0.386 e. The summed E-state index contributed by atoms with van der Waals surface area (Å²) in [6.45, 7) is 30.1. The Morgan fingerprint density at radius 3 is 2.37 bits per heavy atom. The molecular formula is C26H46N4.